The van der Waals surface area contributed by atoms with Crippen LogP contribution in [-0.4, -0.2) is 33.7 Å². The molecule has 0 heterocycles. The van der Waals surface area contributed by atoms with Gasteiger partial charge in [0.05, 0.1) is 30.1 Å². The van der Waals surface area contributed by atoms with Crippen LogP contribution in [0.4, 0.5) is 10.1 Å². The van der Waals surface area contributed by atoms with Crippen molar-refractivity contribution in [1.82, 2.24) is 5.32 Å². The van der Waals surface area contributed by atoms with Crippen molar-refractivity contribution in [2.45, 2.75) is 59.0 Å². The summed E-state index contributed by atoms with van der Waals surface area (Å²) in [6.45, 7) is 9.62. The Morgan fingerprint density at radius 2 is 1.82 bits per heavy atom. The zero-order chi connectivity index (χ0) is 25.1. The molecule has 9 heteroatoms. The van der Waals surface area contributed by atoms with Crippen LogP contribution in [0.5, 0.6) is 5.75 Å². The van der Waals surface area contributed by atoms with Gasteiger partial charge < -0.3 is 10.1 Å². The van der Waals surface area contributed by atoms with Gasteiger partial charge in [-0.3, -0.25) is 9.10 Å². The van der Waals surface area contributed by atoms with Gasteiger partial charge in [0.1, 0.15) is 17.6 Å². The lowest BCUT2D eigenvalue weighted by molar-refractivity contribution is -0.122. The summed E-state index contributed by atoms with van der Waals surface area (Å²) in [6, 6.07) is 6.12. The molecule has 2 atom stereocenters. The lowest BCUT2D eigenvalue weighted by Gasteiger charge is -2.31. The van der Waals surface area contributed by atoms with Crippen molar-refractivity contribution in [3.05, 3.63) is 57.9 Å². The number of methoxy groups -OCH3 is 1. The fourth-order valence-electron chi connectivity index (χ4n) is 3.88. The molecule has 0 aliphatic rings. The van der Waals surface area contributed by atoms with E-state index >= 15 is 0 Å². The largest absolute Gasteiger partial charge is 0.496 e. The van der Waals surface area contributed by atoms with E-state index < -0.39 is 27.8 Å². The summed E-state index contributed by atoms with van der Waals surface area (Å²) in [5.41, 5.74) is 3.01. The molecule has 0 saturated heterocycles. The topological polar surface area (TPSA) is 75.7 Å². The number of sulfonamides is 1. The highest BCUT2D eigenvalue weighted by Gasteiger charge is 2.33. The molecular formula is C24H32ClFN2O4S. The Labute approximate surface area is 201 Å². The van der Waals surface area contributed by atoms with E-state index in [1.807, 2.05) is 26.0 Å². The van der Waals surface area contributed by atoms with Crippen molar-refractivity contribution in [3.63, 3.8) is 0 Å². The number of nitrogens with zero attached hydrogens (tertiary/aromatic N) is 1. The lowest BCUT2D eigenvalue weighted by Crippen LogP contribution is -2.49. The molecule has 0 unspecified atom stereocenters. The standard InChI is InChI=1S/C24H32ClFN2O4S/c1-8-22(28(33(7,30)31)17-9-10-21(26)20(25)12-17)24(29)27-16(5)19-13-18(14(2)3)23(32-6)11-15(19)4/h9-14,16,22H,8H2,1-7H3,(H,27,29)/t16-,22+/m1/s1. The molecule has 0 aliphatic heterocycles. The van der Waals surface area contributed by atoms with Gasteiger partial charge in [0.25, 0.3) is 0 Å². The van der Waals surface area contributed by atoms with E-state index in [1.54, 1.807) is 14.0 Å². The molecule has 1 N–H and O–H groups in total. The number of halogens is 2. The minimum atomic E-state index is -3.86. The number of amides is 1. The molecule has 2 aromatic rings. The number of aryl methyl sites for hydroxylation is 1. The molecular weight excluding hydrogens is 467 g/mol. The van der Waals surface area contributed by atoms with Gasteiger partial charge in [-0.1, -0.05) is 32.4 Å². The number of rotatable bonds is 9. The summed E-state index contributed by atoms with van der Waals surface area (Å²) in [7, 11) is -2.24. The van der Waals surface area contributed by atoms with E-state index in [0.29, 0.717) is 0 Å². The van der Waals surface area contributed by atoms with E-state index in [-0.39, 0.29) is 29.1 Å². The van der Waals surface area contributed by atoms with Crippen LogP contribution in [0.25, 0.3) is 0 Å². The number of carbonyl (C=O) groups excluding carboxylic acids is 1. The van der Waals surface area contributed by atoms with Crippen LogP contribution >= 0.6 is 11.6 Å². The van der Waals surface area contributed by atoms with Crippen molar-refractivity contribution in [1.29, 1.82) is 0 Å². The van der Waals surface area contributed by atoms with Crippen molar-refractivity contribution in [2.75, 3.05) is 17.7 Å². The van der Waals surface area contributed by atoms with Crippen molar-refractivity contribution in [2.24, 2.45) is 0 Å². The molecule has 1 amide bonds. The molecule has 0 radical (unpaired) electrons. The number of benzene rings is 2. The second-order valence-electron chi connectivity index (χ2n) is 8.42. The zero-order valence-corrected chi connectivity index (χ0v) is 21.6. The lowest BCUT2D eigenvalue weighted by atomic mass is 9.93. The smallest absolute Gasteiger partial charge is 0.244 e. The van der Waals surface area contributed by atoms with Crippen molar-refractivity contribution >= 4 is 33.2 Å². The molecule has 0 aromatic heterocycles. The summed E-state index contributed by atoms with van der Waals surface area (Å²) < 4.78 is 45.4. The molecule has 6 nitrogen and oxygen atoms in total. The first-order valence-corrected chi connectivity index (χ1v) is 13.0. The Morgan fingerprint density at radius 1 is 1.18 bits per heavy atom. The third-order valence-electron chi connectivity index (χ3n) is 5.55. The number of carbonyl (C=O) groups is 1. The molecule has 33 heavy (non-hydrogen) atoms. The zero-order valence-electron chi connectivity index (χ0n) is 20.1. The third-order valence-corrected chi connectivity index (χ3v) is 7.02. The van der Waals surface area contributed by atoms with Crippen LogP contribution in [0.15, 0.2) is 30.3 Å². The van der Waals surface area contributed by atoms with Crippen LogP contribution in [0.3, 0.4) is 0 Å². The number of hydrogen-bond donors (Lipinski definition) is 1. The number of nitrogens with one attached hydrogen (secondary N) is 1. The molecule has 182 valence electrons. The highest BCUT2D eigenvalue weighted by atomic mass is 35.5. The predicted octanol–water partition coefficient (Wildman–Crippen LogP) is 5.34. The maximum atomic E-state index is 13.7. The summed E-state index contributed by atoms with van der Waals surface area (Å²) >= 11 is 5.87. The minimum absolute atomic E-state index is 0.126. The van der Waals surface area contributed by atoms with Gasteiger partial charge in [0, 0.05) is 0 Å². The van der Waals surface area contributed by atoms with E-state index in [9.17, 15) is 17.6 Å². The molecule has 0 aliphatic carbocycles. The maximum absolute atomic E-state index is 13.7. The second-order valence-corrected chi connectivity index (χ2v) is 10.7. The van der Waals surface area contributed by atoms with E-state index in [0.717, 1.165) is 39.1 Å². The Bertz CT molecular complexity index is 1120. The Morgan fingerprint density at radius 3 is 2.30 bits per heavy atom. The van der Waals surface area contributed by atoms with Gasteiger partial charge in [-0.05, 0) is 73.2 Å². The first-order valence-electron chi connectivity index (χ1n) is 10.7. The average Bonchev–Trinajstić information content (AvgIpc) is 2.72. The van der Waals surface area contributed by atoms with Gasteiger partial charge in [-0.2, -0.15) is 0 Å². The van der Waals surface area contributed by atoms with Crippen LogP contribution in [0.2, 0.25) is 5.02 Å². The fraction of sp³-hybridized carbons (Fsp3) is 0.458. The Kier molecular flexibility index (Phi) is 8.76. The average molecular weight is 499 g/mol. The number of anilines is 1. The first kappa shape index (κ1) is 26.9. The fourth-order valence-corrected chi connectivity index (χ4v) is 5.26. The van der Waals surface area contributed by atoms with Gasteiger partial charge in [-0.15, -0.1) is 0 Å². The van der Waals surface area contributed by atoms with Crippen LogP contribution in [-0.2, 0) is 14.8 Å². The first-order chi connectivity index (χ1) is 15.3. The van der Waals surface area contributed by atoms with E-state index in [1.165, 1.54) is 12.1 Å². The Balaban J connectivity index is 2.41. The molecule has 0 spiro atoms. The van der Waals surface area contributed by atoms with Gasteiger partial charge in [0.15, 0.2) is 0 Å². The summed E-state index contributed by atoms with van der Waals surface area (Å²) in [6.07, 6.45) is 1.21. The summed E-state index contributed by atoms with van der Waals surface area (Å²) in [4.78, 5) is 13.3. The normalized spacial score (nSPS) is 13.5. The molecule has 2 aromatic carbocycles. The maximum Gasteiger partial charge on any atom is 0.244 e. The van der Waals surface area contributed by atoms with E-state index in [4.69, 9.17) is 16.3 Å². The van der Waals surface area contributed by atoms with Gasteiger partial charge >= 0.3 is 0 Å². The molecule has 0 bridgehead atoms. The van der Waals surface area contributed by atoms with Gasteiger partial charge in [-0.25, -0.2) is 12.8 Å². The highest BCUT2D eigenvalue weighted by molar-refractivity contribution is 7.92. The van der Waals surface area contributed by atoms with Crippen LogP contribution in [0, 0.1) is 12.7 Å². The molecule has 2 rings (SSSR count). The molecule has 0 saturated carbocycles. The minimum Gasteiger partial charge on any atom is -0.496 e. The number of hydrogen-bond acceptors (Lipinski definition) is 4. The van der Waals surface area contributed by atoms with Crippen LogP contribution < -0.4 is 14.4 Å². The summed E-state index contributed by atoms with van der Waals surface area (Å²) in [5, 5.41) is 2.72. The quantitative estimate of drug-likeness (QED) is 0.506. The van der Waals surface area contributed by atoms with Crippen LogP contribution in [0.1, 0.15) is 62.8 Å². The second kappa shape index (κ2) is 10.7. The van der Waals surface area contributed by atoms with Crippen molar-refractivity contribution in [3.8, 4) is 5.75 Å². The van der Waals surface area contributed by atoms with Gasteiger partial charge in [0.2, 0.25) is 15.9 Å². The summed E-state index contributed by atoms with van der Waals surface area (Å²) in [5.74, 6) is -0.129. The SMILES string of the molecule is CC[C@@H](C(=O)N[C@H](C)c1cc(C(C)C)c(OC)cc1C)N(c1ccc(F)c(Cl)c1)S(C)(=O)=O. The third kappa shape index (κ3) is 6.18. The Hall–Kier alpha value is -2.32. The highest BCUT2D eigenvalue weighted by Crippen LogP contribution is 2.32. The number of ether oxygens (including phenoxy) is 1. The van der Waals surface area contributed by atoms with Crippen molar-refractivity contribution < 1.29 is 22.3 Å². The monoisotopic (exact) mass is 498 g/mol. The predicted molar refractivity (Wildman–Crippen MR) is 131 cm³/mol. The molecule has 0 fully saturated rings. The van der Waals surface area contributed by atoms with E-state index in [2.05, 4.69) is 19.2 Å².